The summed E-state index contributed by atoms with van der Waals surface area (Å²) in [5.41, 5.74) is 1.14. The highest BCUT2D eigenvalue weighted by Crippen LogP contribution is 2.30. The van der Waals surface area contributed by atoms with Crippen molar-refractivity contribution in [2.45, 2.75) is 6.92 Å². The van der Waals surface area contributed by atoms with Crippen LogP contribution in [0.5, 0.6) is 0 Å². The summed E-state index contributed by atoms with van der Waals surface area (Å²) in [7, 11) is 0. The molecule has 2 aromatic heterocycles. The second-order valence-corrected chi connectivity index (χ2v) is 6.94. The first-order valence-electron chi connectivity index (χ1n) is 8.66. The average Bonchev–Trinajstić information content (AvgIpc) is 3.17. The number of pyridine rings is 1. The van der Waals surface area contributed by atoms with E-state index < -0.39 is 17.8 Å². The topological polar surface area (TPSA) is 131 Å². The monoisotopic (exact) mass is 526 g/mol. The Balaban J connectivity index is 1.71. The largest absolute Gasteiger partial charge is 0.465 e. The van der Waals surface area contributed by atoms with Gasteiger partial charge in [0.2, 0.25) is 0 Å². The number of carbonyl (C=O) groups is 2. The van der Waals surface area contributed by atoms with Crippen molar-refractivity contribution in [3.05, 3.63) is 46.0 Å². The van der Waals surface area contributed by atoms with Crippen molar-refractivity contribution in [2.24, 2.45) is 0 Å². The average molecular weight is 526 g/mol. The summed E-state index contributed by atoms with van der Waals surface area (Å²) in [6.45, 7) is 1.57. The molecule has 0 aliphatic carbocycles. The Morgan fingerprint density at radius 1 is 1.23 bits per heavy atom. The van der Waals surface area contributed by atoms with Gasteiger partial charge in [0.1, 0.15) is 12.4 Å². The number of esters is 1. The van der Waals surface area contributed by atoms with Gasteiger partial charge in [-0.3, -0.25) is 15.1 Å². The minimum atomic E-state index is -0.715. The van der Waals surface area contributed by atoms with Gasteiger partial charge in [0.15, 0.2) is 0 Å². The molecule has 0 spiro atoms. The Morgan fingerprint density at radius 3 is 2.83 bits per heavy atom. The molecule has 0 saturated heterocycles. The number of nitrogens with zero attached hydrogens (tertiary/aromatic N) is 3. The fourth-order valence-electron chi connectivity index (χ4n) is 2.30. The molecule has 0 aliphatic rings. The summed E-state index contributed by atoms with van der Waals surface area (Å²) < 4.78 is 25.1. The molecular weight excluding hydrogens is 510 g/mol. The summed E-state index contributed by atoms with van der Waals surface area (Å²) in [5.74, 6) is -0.927. The zero-order valence-electron chi connectivity index (χ0n) is 15.6. The normalized spacial score (nSPS) is 10.4. The molecule has 3 aromatic rings. The van der Waals surface area contributed by atoms with E-state index in [-0.39, 0.29) is 30.7 Å². The van der Waals surface area contributed by atoms with Gasteiger partial charge in [0.05, 0.1) is 29.7 Å². The lowest BCUT2D eigenvalue weighted by molar-refractivity contribution is -0.141. The molecule has 3 rings (SSSR count). The van der Waals surface area contributed by atoms with Crippen LogP contribution in [0.2, 0.25) is 0 Å². The molecule has 30 heavy (non-hydrogen) atoms. The number of aromatic nitrogens is 3. The van der Waals surface area contributed by atoms with Crippen LogP contribution in [-0.2, 0) is 9.53 Å². The number of halogens is 2. The van der Waals surface area contributed by atoms with Gasteiger partial charge in [0.25, 0.3) is 5.89 Å². The minimum absolute atomic E-state index is 0.0755. The quantitative estimate of drug-likeness (QED) is 0.316. The molecule has 12 heteroatoms. The summed E-state index contributed by atoms with van der Waals surface area (Å²) in [6, 6.07) is 5.45. The lowest BCUT2D eigenvalue weighted by Crippen LogP contribution is -2.34. The first-order chi connectivity index (χ1) is 14.5. The number of hydrogen-bond acceptors (Lipinski definition) is 8. The zero-order chi connectivity index (χ0) is 21.5. The second-order valence-electron chi connectivity index (χ2n) is 5.70. The van der Waals surface area contributed by atoms with E-state index in [0.717, 1.165) is 3.57 Å². The number of rotatable bonds is 7. The van der Waals surface area contributed by atoms with E-state index in [1.165, 1.54) is 18.5 Å². The van der Waals surface area contributed by atoms with Crippen LogP contribution in [0.4, 0.5) is 26.6 Å². The van der Waals surface area contributed by atoms with Gasteiger partial charge < -0.3 is 19.8 Å². The molecule has 2 amide bonds. The van der Waals surface area contributed by atoms with Gasteiger partial charge in [-0.25, -0.2) is 9.18 Å². The van der Waals surface area contributed by atoms with E-state index in [1.54, 1.807) is 25.1 Å². The highest BCUT2D eigenvalue weighted by Gasteiger charge is 2.16. The van der Waals surface area contributed by atoms with E-state index >= 15 is 0 Å². The van der Waals surface area contributed by atoms with Crippen LogP contribution in [0.1, 0.15) is 6.92 Å². The standard InChI is InChI=1S/C18H16FIN6O4/c1-2-29-15(27)9-22-17(28)24-18-26-25-16(30-18)11-5-6-21-8-14(11)23-13-4-3-10(20)7-12(13)19/h3-8,23H,2,9H2,1H3,(H2,22,24,26,28). The predicted molar refractivity (Wildman–Crippen MR) is 114 cm³/mol. The first-order valence-corrected chi connectivity index (χ1v) is 9.74. The number of benzene rings is 1. The lowest BCUT2D eigenvalue weighted by Gasteiger charge is -2.10. The summed E-state index contributed by atoms with van der Waals surface area (Å²) in [6.07, 6.45) is 2.99. The Labute approximate surface area is 183 Å². The van der Waals surface area contributed by atoms with E-state index in [9.17, 15) is 14.0 Å². The number of amides is 2. The van der Waals surface area contributed by atoms with Gasteiger partial charge in [-0.2, -0.15) is 0 Å². The van der Waals surface area contributed by atoms with Crippen molar-refractivity contribution in [2.75, 3.05) is 23.8 Å². The molecule has 10 nitrogen and oxygen atoms in total. The summed E-state index contributed by atoms with van der Waals surface area (Å²) in [5, 5.41) is 15.2. The number of nitrogens with one attached hydrogen (secondary N) is 3. The van der Waals surface area contributed by atoms with Crippen molar-refractivity contribution in [1.29, 1.82) is 0 Å². The Hall–Kier alpha value is -3.29. The molecule has 156 valence electrons. The van der Waals surface area contributed by atoms with Crippen LogP contribution >= 0.6 is 22.6 Å². The number of urea groups is 1. The van der Waals surface area contributed by atoms with E-state index in [0.29, 0.717) is 11.3 Å². The Bertz CT molecular complexity index is 1060. The number of ether oxygens (including phenoxy) is 1. The first kappa shape index (κ1) is 21.4. The highest BCUT2D eigenvalue weighted by atomic mass is 127. The van der Waals surface area contributed by atoms with Crippen LogP contribution in [0.3, 0.4) is 0 Å². The fraction of sp³-hybridized carbons (Fsp3) is 0.167. The van der Waals surface area contributed by atoms with Gasteiger partial charge in [-0.1, -0.05) is 5.10 Å². The summed E-state index contributed by atoms with van der Waals surface area (Å²) in [4.78, 5) is 27.1. The smallest absolute Gasteiger partial charge is 0.325 e. The molecule has 0 bridgehead atoms. The third-order valence-corrected chi connectivity index (χ3v) is 4.27. The Kier molecular flexibility index (Phi) is 7.11. The van der Waals surface area contributed by atoms with Crippen LogP contribution in [0.15, 0.2) is 41.1 Å². The SMILES string of the molecule is CCOC(=O)CNC(=O)Nc1nnc(-c2ccncc2Nc2ccc(I)cc2F)o1. The molecule has 0 radical (unpaired) electrons. The maximum Gasteiger partial charge on any atom is 0.325 e. The second kappa shape index (κ2) is 9.96. The van der Waals surface area contributed by atoms with Crippen LogP contribution in [0, 0.1) is 9.39 Å². The third kappa shape index (κ3) is 5.62. The molecule has 0 aliphatic heterocycles. The van der Waals surface area contributed by atoms with Crippen molar-refractivity contribution in [3.8, 4) is 11.5 Å². The maximum absolute atomic E-state index is 14.2. The van der Waals surface area contributed by atoms with Gasteiger partial charge in [0, 0.05) is 9.77 Å². The van der Waals surface area contributed by atoms with Crippen LogP contribution in [0.25, 0.3) is 11.5 Å². The molecule has 2 heterocycles. The predicted octanol–water partition coefficient (Wildman–Crippen LogP) is 3.30. The molecule has 0 fully saturated rings. The van der Waals surface area contributed by atoms with Gasteiger partial charge in [-0.05, 0) is 53.8 Å². The number of carbonyl (C=O) groups excluding carboxylic acids is 2. The lowest BCUT2D eigenvalue weighted by atomic mass is 10.2. The molecular formula is C18H16FIN6O4. The Morgan fingerprint density at radius 2 is 2.07 bits per heavy atom. The molecule has 0 atom stereocenters. The maximum atomic E-state index is 14.2. The summed E-state index contributed by atoms with van der Waals surface area (Å²) >= 11 is 2.02. The van der Waals surface area contributed by atoms with E-state index in [4.69, 9.17) is 9.15 Å². The van der Waals surface area contributed by atoms with E-state index in [1.807, 2.05) is 22.6 Å². The van der Waals surface area contributed by atoms with E-state index in [2.05, 4.69) is 31.1 Å². The van der Waals surface area contributed by atoms with Gasteiger partial charge >= 0.3 is 18.0 Å². The van der Waals surface area contributed by atoms with Crippen molar-refractivity contribution in [3.63, 3.8) is 0 Å². The fourth-order valence-corrected chi connectivity index (χ4v) is 2.76. The van der Waals surface area contributed by atoms with Crippen molar-refractivity contribution < 1.29 is 23.1 Å². The van der Waals surface area contributed by atoms with Crippen molar-refractivity contribution >= 4 is 52.0 Å². The molecule has 3 N–H and O–H groups in total. The minimum Gasteiger partial charge on any atom is -0.465 e. The molecule has 0 saturated carbocycles. The van der Waals surface area contributed by atoms with Gasteiger partial charge in [-0.15, -0.1) is 5.10 Å². The molecule has 1 aromatic carbocycles. The zero-order valence-corrected chi connectivity index (χ0v) is 17.8. The highest BCUT2D eigenvalue weighted by molar-refractivity contribution is 14.1. The van der Waals surface area contributed by atoms with Crippen LogP contribution < -0.4 is 16.0 Å². The molecule has 0 unspecified atom stereocenters. The number of hydrogen-bond donors (Lipinski definition) is 3. The third-order valence-electron chi connectivity index (χ3n) is 3.60. The van der Waals surface area contributed by atoms with Crippen molar-refractivity contribution in [1.82, 2.24) is 20.5 Å². The van der Waals surface area contributed by atoms with Crippen LogP contribution in [-0.4, -0.2) is 40.3 Å². The number of anilines is 3.